The van der Waals surface area contributed by atoms with Gasteiger partial charge in [0.1, 0.15) is 12.1 Å². The van der Waals surface area contributed by atoms with Gasteiger partial charge in [0, 0.05) is 13.0 Å². The number of ether oxygens (including phenoxy) is 2. The zero-order valence-corrected chi connectivity index (χ0v) is 37.1. The highest BCUT2D eigenvalue weighted by molar-refractivity contribution is 7.47. The fourth-order valence-corrected chi connectivity index (χ4v) is 6.78. The maximum Gasteiger partial charge on any atom is 0.472 e. The summed E-state index contributed by atoms with van der Waals surface area (Å²) in [7, 11) is -4.62. The van der Waals surface area contributed by atoms with E-state index in [9.17, 15) is 19.0 Å². The summed E-state index contributed by atoms with van der Waals surface area (Å²) < 4.78 is 33.3. The highest BCUT2D eigenvalue weighted by atomic mass is 31.2. The molecule has 10 nitrogen and oxygen atoms in total. The van der Waals surface area contributed by atoms with E-state index in [1.807, 2.05) is 0 Å². The van der Waals surface area contributed by atoms with Crippen LogP contribution < -0.4 is 5.73 Å². The second-order valence-electron chi connectivity index (χ2n) is 15.2. The number of carbonyl (C=O) groups excluding carboxylic acids is 1. The van der Waals surface area contributed by atoms with Gasteiger partial charge in [-0.05, 0) is 70.6 Å². The fourth-order valence-electron chi connectivity index (χ4n) is 6.00. The Kier molecular flexibility index (Phi) is 40.5. The van der Waals surface area contributed by atoms with E-state index < -0.39 is 45.1 Å². The van der Waals surface area contributed by atoms with Crippen LogP contribution in [0.4, 0.5) is 0 Å². The Morgan fingerprint density at radius 3 is 1.51 bits per heavy atom. The summed E-state index contributed by atoms with van der Waals surface area (Å²) >= 11 is 0. The lowest BCUT2D eigenvalue weighted by Gasteiger charge is -2.20. The lowest BCUT2D eigenvalue weighted by atomic mass is 10.1. The molecule has 0 aliphatic rings. The number of esters is 1. The summed E-state index contributed by atoms with van der Waals surface area (Å²) in [5.41, 5.74) is 5.35. The van der Waals surface area contributed by atoms with Gasteiger partial charge in [-0.25, -0.2) is 4.57 Å². The number of carboxylic acids is 1. The largest absolute Gasteiger partial charge is 0.480 e. The molecule has 0 saturated heterocycles. The average molecular weight is 826 g/mol. The normalized spacial score (nSPS) is 14.3. The average Bonchev–Trinajstić information content (AvgIpc) is 3.19. The van der Waals surface area contributed by atoms with Crippen molar-refractivity contribution in [1.82, 2.24) is 0 Å². The van der Waals surface area contributed by atoms with Crippen LogP contribution >= 0.6 is 7.82 Å². The van der Waals surface area contributed by atoms with Crippen molar-refractivity contribution in [2.45, 2.75) is 206 Å². The number of hydrogen-bond acceptors (Lipinski definition) is 8. The summed E-state index contributed by atoms with van der Waals surface area (Å²) in [6, 6.07) is -1.48. The van der Waals surface area contributed by atoms with Crippen molar-refractivity contribution in [2.75, 3.05) is 26.4 Å². The minimum atomic E-state index is -4.62. The van der Waals surface area contributed by atoms with E-state index in [1.54, 1.807) is 0 Å². The van der Waals surface area contributed by atoms with Crippen molar-refractivity contribution in [1.29, 1.82) is 0 Å². The third kappa shape index (κ3) is 41.9. The number of nitrogens with two attached hydrogens (primary N) is 1. The lowest BCUT2D eigenvalue weighted by molar-refractivity contribution is -0.154. The number of hydrogen-bond donors (Lipinski definition) is 3. The molecule has 0 aliphatic carbocycles. The molecule has 332 valence electrons. The van der Waals surface area contributed by atoms with Crippen LogP contribution in [0.2, 0.25) is 0 Å². The fraction of sp³-hybridized carbons (Fsp3) is 0.783. The topological polar surface area (TPSA) is 155 Å². The third-order valence-corrected chi connectivity index (χ3v) is 10.5. The highest BCUT2D eigenvalue weighted by Gasteiger charge is 2.27. The van der Waals surface area contributed by atoms with Crippen LogP contribution in [0.25, 0.3) is 0 Å². The number of phosphoric ester groups is 1. The molecule has 57 heavy (non-hydrogen) atoms. The van der Waals surface area contributed by atoms with Crippen LogP contribution in [0.1, 0.15) is 194 Å². The van der Waals surface area contributed by atoms with Gasteiger partial charge in [-0.3, -0.25) is 18.6 Å². The number of carbonyl (C=O) groups is 2. The molecule has 0 bridgehead atoms. The van der Waals surface area contributed by atoms with Crippen molar-refractivity contribution >= 4 is 19.8 Å². The van der Waals surface area contributed by atoms with Crippen molar-refractivity contribution in [3.05, 3.63) is 48.6 Å². The van der Waals surface area contributed by atoms with Crippen LogP contribution in [0.5, 0.6) is 0 Å². The molecule has 0 amide bonds. The van der Waals surface area contributed by atoms with Gasteiger partial charge in [0.05, 0.1) is 19.8 Å². The van der Waals surface area contributed by atoms with E-state index in [4.69, 9.17) is 29.4 Å². The van der Waals surface area contributed by atoms with E-state index >= 15 is 0 Å². The van der Waals surface area contributed by atoms with Gasteiger partial charge in [0.25, 0.3) is 0 Å². The molecule has 0 radical (unpaired) electrons. The van der Waals surface area contributed by atoms with E-state index in [-0.39, 0.29) is 13.0 Å². The smallest absolute Gasteiger partial charge is 0.472 e. The van der Waals surface area contributed by atoms with E-state index in [1.165, 1.54) is 103 Å². The molecule has 0 rings (SSSR count). The maximum atomic E-state index is 12.6. The van der Waals surface area contributed by atoms with Crippen LogP contribution in [0.3, 0.4) is 0 Å². The van der Waals surface area contributed by atoms with E-state index in [2.05, 4.69) is 62.5 Å². The van der Waals surface area contributed by atoms with Crippen molar-refractivity contribution in [2.24, 2.45) is 5.73 Å². The van der Waals surface area contributed by atoms with E-state index in [0.717, 1.165) is 64.2 Å². The van der Waals surface area contributed by atoms with Crippen molar-refractivity contribution in [3.63, 3.8) is 0 Å². The summed E-state index contributed by atoms with van der Waals surface area (Å²) in [5, 5.41) is 8.89. The number of rotatable bonds is 43. The van der Waals surface area contributed by atoms with Crippen LogP contribution in [0, 0.1) is 0 Å². The second kappa shape index (κ2) is 42.1. The van der Waals surface area contributed by atoms with Gasteiger partial charge in [-0.2, -0.15) is 0 Å². The molecule has 3 atom stereocenters. The first kappa shape index (κ1) is 54.9. The predicted molar refractivity (Wildman–Crippen MR) is 235 cm³/mol. The number of unbranched alkanes of at least 4 members (excludes halogenated alkanes) is 21. The quantitative estimate of drug-likeness (QED) is 0.0234. The molecule has 0 heterocycles. The van der Waals surface area contributed by atoms with Crippen LogP contribution in [-0.2, 0) is 32.7 Å². The SMILES string of the molecule is CCCC/C=C\CCCCCCCCOCC(COP(=O)(O)OCC(N)C(=O)O)OC(=O)CCCCCCCCCC/C=C\C/C=C\C/C=C\CCCCCCC. The molecular formula is C46H84NO9P. The van der Waals surface area contributed by atoms with Gasteiger partial charge >= 0.3 is 19.8 Å². The first-order valence-electron chi connectivity index (χ1n) is 22.7. The summed E-state index contributed by atoms with van der Waals surface area (Å²) in [4.78, 5) is 33.5. The van der Waals surface area contributed by atoms with Gasteiger partial charge < -0.3 is 25.2 Å². The molecule has 11 heteroatoms. The van der Waals surface area contributed by atoms with Crippen molar-refractivity contribution < 1.29 is 42.7 Å². The molecular weight excluding hydrogens is 741 g/mol. The number of aliphatic carboxylic acids is 1. The van der Waals surface area contributed by atoms with Crippen molar-refractivity contribution in [3.8, 4) is 0 Å². The molecule has 0 saturated carbocycles. The number of allylic oxidation sites excluding steroid dienone is 8. The monoisotopic (exact) mass is 826 g/mol. The Morgan fingerprint density at radius 1 is 0.561 bits per heavy atom. The minimum Gasteiger partial charge on any atom is -0.480 e. The third-order valence-electron chi connectivity index (χ3n) is 9.58. The maximum absolute atomic E-state index is 12.6. The predicted octanol–water partition coefficient (Wildman–Crippen LogP) is 12.6. The zero-order chi connectivity index (χ0) is 41.9. The Balaban J connectivity index is 4.18. The van der Waals surface area contributed by atoms with Gasteiger partial charge in [-0.15, -0.1) is 0 Å². The first-order chi connectivity index (χ1) is 27.7. The molecule has 0 fully saturated rings. The van der Waals surface area contributed by atoms with Gasteiger partial charge in [0.15, 0.2) is 0 Å². The second-order valence-corrected chi connectivity index (χ2v) is 16.6. The van der Waals surface area contributed by atoms with Gasteiger partial charge in [-0.1, -0.05) is 165 Å². The Bertz CT molecular complexity index is 1090. The molecule has 3 unspecified atom stereocenters. The summed E-state index contributed by atoms with van der Waals surface area (Å²) in [5.74, 6) is -1.79. The van der Waals surface area contributed by atoms with Crippen LogP contribution in [-0.4, -0.2) is 60.5 Å². The first-order valence-corrected chi connectivity index (χ1v) is 24.2. The standard InChI is InChI=1S/C46H84NO9P/c1-3-5-7-9-11-13-15-17-18-19-20-21-22-23-24-25-26-27-28-30-32-34-36-38-45(48)56-43(41-54-57(51,52)55-42-44(47)46(49)50)40-53-39-37-35-33-31-29-16-14-12-10-8-6-4-2/h10,12,15,17,19-20,22-23,43-44H,3-9,11,13-14,16,18,21,24-42,47H2,1-2H3,(H,49,50)(H,51,52)/b12-10-,17-15-,20-19-,23-22-. The number of phosphoric acid groups is 1. The Morgan fingerprint density at radius 2 is 0.982 bits per heavy atom. The number of carboxylic acid groups (broad SMARTS) is 1. The Hall–Kier alpha value is -2.07. The molecule has 4 N–H and O–H groups in total. The molecule has 0 aromatic heterocycles. The summed E-state index contributed by atoms with van der Waals surface area (Å²) in [6.45, 7) is 3.81. The molecule has 0 aromatic carbocycles. The van der Waals surface area contributed by atoms with E-state index in [0.29, 0.717) is 13.0 Å². The van der Waals surface area contributed by atoms with Crippen LogP contribution in [0.15, 0.2) is 48.6 Å². The Labute approximate surface area is 348 Å². The lowest BCUT2D eigenvalue weighted by Crippen LogP contribution is -2.34. The van der Waals surface area contributed by atoms with Gasteiger partial charge in [0.2, 0.25) is 0 Å². The molecule has 0 aromatic rings. The molecule has 0 aliphatic heterocycles. The summed E-state index contributed by atoms with van der Waals surface area (Å²) in [6.07, 6.45) is 48.8. The highest BCUT2D eigenvalue weighted by Crippen LogP contribution is 2.43. The minimum absolute atomic E-state index is 0.00873. The molecule has 0 spiro atoms. The zero-order valence-electron chi connectivity index (χ0n) is 36.2.